The Bertz CT molecular complexity index is 1150. The summed E-state index contributed by atoms with van der Waals surface area (Å²) in [6.07, 6.45) is 1.90. The van der Waals surface area contributed by atoms with Crippen molar-refractivity contribution in [1.82, 2.24) is 4.90 Å². The molecular weight excluding hydrogens is 432 g/mol. The minimum Gasteiger partial charge on any atom is -0.489 e. The van der Waals surface area contributed by atoms with Gasteiger partial charge in [-0.3, -0.25) is 4.72 Å². The van der Waals surface area contributed by atoms with E-state index in [1.54, 1.807) is 48.5 Å². The molecule has 0 bridgehead atoms. The average Bonchev–Trinajstić information content (AvgIpc) is 2.95. The first-order chi connectivity index (χ1) is 14.9. The van der Waals surface area contributed by atoms with Gasteiger partial charge in [0.2, 0.25) is 0 Å². The molecule has 0 spiro atoms. The van der Waals surface area contributed by atoms with Crippen LogP contribution in [0.2, 0.25) is 5.02 Å². The number of anilines is 1. The standard InChI is InChI=1S/C24H25ClN2O3S/c1-27-14-12-19-4-7-22(16-20(19)13-15-27)26-31(28,29)24-10-2-18(3-11-24)17-30-23-8-5-21(25)6-9-23/h2-11,16,26H,12-15,17H2,1H3. The van der Waals surface area contributed by atoms with E-state index in [1.807, 2.05) is 18.2 Å². The van der Waals surface area contributed by atoms with E-state index in [1.165, 1.54) is 11.1 Å². The third kappa shape index (κ3) is 5.58. The Morgan fingerprint density at radius 3 is 2.32 bits per heavy atom. The average molecular weight is 457 g/mol. The van der Waals surface area contributed by atoms with E-state index < -0.39 is 10.0 Å². The highest BCUT2D eigenvalue weighted by Gasteiger charge is 2.16. The lowest BCUT2D eigenvalue weighted by molar-refractivity contribution is 0.306. The lowest BCUT2D eigenvalue weighted by Crippen LogP contribution is -2.20. The fraction of sp³-hybridized carbons (Fsp3) is 0.250. The highest BCUT2D eigenvalue weighted by molar-refractivity contribution is 7.92. The Labute approximate surface area is 188 Å². The molecule has 0 fully saturated rings. The summed E-state index contributed by atoms with van der Waals surface area (Å²) >= 11 is 5.87. The summed E-state index contributed by atoms with van der Waals surface area (Å²) in [5.41, 5.74) is 3.97. The molecule has 1 aliphatic heterocycles. The van der Waals surface area contributed by atoms with Gasteiger partial charge in [-0.25, -0.2) is 8.42 Å². The van der Waals surface area contributed by atoms with Gasteiger partial charge in [-0.1, -0.05) is 29.8 Å². The molecule has 1 aliphatic rings. The molecule has 0 aliphatic carbocycles. The van der Waals surface area contributed by atoms with Crippen molar-refractivity contribution in [3.63, 3.8) is 0 Å². The minimum absolute atomic E-state index is 0.220. The zero-order valence-corrected chi connectivity index (χ0v) is 18.9. The van der Waals surface area contributed by atoms with Crippen molar-refractivity contribution in [2.24, 2.45) is 0 Å². The fourth-order valence-corrected chi connectivity index (χ4v) is 4.75. The number of nitrogens with one attached hydrogen (secondary N) is 1. The first-order valence-corrected chi connectivity index (χ1v) is 12.1. The van der Waals surface area contributed by atoms with Crippen molar-refractivity contribution in [1.29, 1.82) is 0 Å². The second kappa shape index (κ2) is 9.30. The van der Waals surface area contributed by atoms with Crippen LogP contribution in [-0.4, -0.2) is 33.5 Å². The van der Waals surface area contributed by atoms with Gasteiger partial charge in [-0.15, -0.1) is 0 Å². The Kier molecular flexibility index (Phi) is 6.51. The molecule has 1 heterocycles. The normalized spacial score (nSPS) is 14.5. The fourth-order valence-electron chi connectivity index (χ4n) is 3.58. The maximum absolute atomic E-state index is 12.8. The summed E-state index contributed by atoms with van der Waals surface area (Å²) in [5, 5.41) is 0.649. The maximum Gasteiger partial charge on any atom is 0.261 e. The van der Waals surface area contributed by atoms with E-state index in [0.29, 0.717) is 23.1 Å². The number of sulfonamides is 1. The van der Waals surface area contributed by atoms with E-state index in [4.69, 9.17) is 16.3 Å². The number of ether oxygens (including phenoxy) is 1. The van der Waals surface area contributed by atoms with Gasteiger partial charge in [0.15, 0.2) is 0 Å². The molecule has 0 radical (unpaired) electrons. The van der Waals surface area contributed by atoms with Crippen LogP contribution in [0, 0.1) is 0 Å². The number of benzene rings is 3. The van der Waals surface area contributed by atoms with Gasteiger partial charge in [0.25, 0.3) is 10.0 Å². The Morgan fingerprint density at radius 1 is 0.935 bits per heavy atom. The molecule has 5 nitrogen and oxygen atoms in total. The summed E-state index contributed by atoms with van der Waals surface area (Å²) in [6, 6.07) is 19.7. The summed E-state index contributed by atoms with van der Waals surface area (Å²) in [6.45, 7) is 2.34. The van der Waals surface area contributed by atoms with Gasteiger partial charge in [0.05, 0.1) is 4.90 Å². The molecule has 0 unspecified atom stereocenters. The van der Waals surface area contributed by atoms with Crippen LogP contribution in [0.4, 0.5) is 5.69 Å². The van der Waals surface area contributed by atoms with Crippen LogP contribution in [0.1, 0.15) is 16.7 Å². The largest absolute Gasteiger partial charge is 0.489 e. The van der Waals surface area contributed by atoms with E-state index >= 15 is 0 Å². The molecular formula is C24H25ClN2O3S. The quantitative estimate of drug-likeness (QED) is 0.581. The zero-order valence-electron chi connectivity index (χ0n) is 17.3. The van der Waals surface area contributed by atoms with Crippen LogP contribution in [0.5, 0.6) is 5.75 Å². The third-order valence-corrected chi connectivity index (χ3v) is 7.09. The van der Waals surface area contributed by atoms with Gasteiger partial charge >= 0.3 is 0 Å². The molecule has 3 aromatic rings. The first-order valence-electron chi connectivity index (χ1n) is 10.2. The molecule has 7 heteroatoms. The van der Waals surface area contributed by atoms with Crippen molar-refractivity contribution in [2.75, 3.05) is 24.9 Å². The van der Waals surface area contributed by atoms with Crippen LogP contribution in [0.15, 0.2) is 71.6 Å². The molecule has 3 aromatic carbocycles. The molecule has 0 atom stereocenters. The number of fused-ring (bicyclic) bond motifs is 1. The smallest absolute Gasteiger partial charge is 0.261 e. The second-order valence-electron chi connectivity index (χ2n) is 7.78. The van der Waals surface area contributed by atoms with Gasteiger partial charge in [0.1, 0.15) is 12.4 Å². The molecule has 0 amide bonds. The van der Waals surface area contributed by atoms with E-state index in [0.717, 1.165) is 31.5 Å². The van der Waals surface area contributed by atoms with Gasteiger partial charge < -0.3 is 9.64 Å². The Hall–Kier alpha value is -2.54. The molecule has 0 saturated carbocycles. The van der Waals surface area contributed by atoms with Gasteiger partial charge in [-0.2, -0.15) is 0 Å². The number of hydrogen-bond donors (Lipinski definition) is 1. The van der Waals surface area contributed by atoms with Crippen LogP contribution < -0.4 is 9.46 Å². The lowest BCUT2D eigenvalue weighted by Gasteiger charge is -2.12. The zero-order chi connectivity index (χ0) is 21.8. The number of likely N-dealkylation sites (N-methyl/N-ethyl adjacent to an activating group) is 1. The number of nitrogens with zero attached hydrogens (tertiary/aromatic N) is 1. The Morgan fingerprint density at radius 2 is 1.61 bits per heavy atom. The minimum atomic E-state index is -3.66. The van der Waals surface area contributed by atoms with Gasteiger partial charge in [0, 0.05) is 23.8 Å². The topological polar surface area (TPSA) is 58.6 Å². The number of rotatable bonds is 6. The number of halogens is 1. The predicted octanol–water partition coefficient (Wildman–Crippen LogP) is 4.75. The van der Waals surface area contributed by atoms with E-state index in [2.05, 4.69) is 16.7 Å². The van der Waals surface area contributed by atoms with Crippen molar-refractivity contribution >= 4 is 27.3 Å². The van der Waals surface area contributed by atoms with Crippen LogP contribution in [0.25, 0.3) is 0 Å². The van der Waals surface area contributed by atoms with Crippen LogP contribution in [-0.2, 0) is 29.5 Å². The molecule has 4 rings (SSSR count). The van der Waals surface area contributed by atoms with Crippen molar-refractivity contribution in [3.05, 3.63) is 88.4 Å². The second-order valence-corrected chi connectivity index (χ2v) is 9.90. The lowest BCUT2D eigenvalue weighted by atomic mass is 10.0. The highest BCUT2D eigenvalue weighted by Crippen LogP contribution is 2.23. The number of hydrogen-bond acceptors (Lipinski definition) is 4. The molecule has 31 heavy (non-hydrogen) atoms. The van der Waals surface area contributed by atoms with Crippen molar-refractivity contribution in [3.8, 4) is 5.75 Å². The third-order valence-electron chi connectivity index (χ3n) is 5.44. The molecule has 162 valence electrons. The van der Waals surface area contributed by atoms with Crippen LogP contribution >= 0.6 is 11.6 Å². The molecule has 1 N–H and O–H groups in total. The summed E-state index contributed by atoms with van der Waals surface area (Å²) in [5.74, 6) is 0.706. The molecule has 0 saturated heterocycles. The van der Waals surface area contributed by atoms with Crippen LogP contribution in [0.3, 0.4) is 0 Å². The summed E-state index contributed by atoms with van der Waals surface area (Å²) in [7, 11) is -1.55. The molecule has 0 aromatic heterocycles. The highest BCUT2D eigenvalue weighted by atomic mass is 35.5. The SMILES string of the molecule is CN1CCc2ccc(NS(=O)(=O)c3ccc(COc4ccc(Cl)cc4)cc3)cc2CC1. The summed E-state index contributed by atoms with van der Waals surface area (Å²) in [4.78, 5) is 2.51. The maximum atomic E-state index is 12.8. The summed E-state index contributed by atoms with van der Waals surface area (Å²) < 4.78 is 34.1. The predicted molar refractivity (Wildman–Crippen MR) is 124 cm³/mol. The van der Waals surface area contributed by atoms with E-state index in [-0.39, 0.29) is 4.90 Å². The monoisotopic (exact) mass is 456 g/mol. The first kappa shape index (κ1) is 21.7. The van der Waals surface area contributed by atoms with Crippen molar-refractivity contribution in [2.45, 2.75) is 24.3 Å². The van der Waals surface area contributed by atoms with Gasteiger partial charge in [-0.05, 0) is 85.1 Å². The van der Waals surface area contributed by atoms with Crippen molar-refractivity contribution < 1.29 is 13.2 Å². The Balaban J connectivity index is 1.42. The van der Waals surface area contributed by atoms with E-state index in [9.17, 15) is 8.42 Å².